The van der Waals surface area contributed by atoms with Crippen LogP contribution in [-0.4, -0.2) is 27.2 Å². The summed E-state index contributed by atoms with van der Waals surface area (Å²) in [5.74, 6) is -2.24. The molecule has 0 aliphatic heterocycles. The van der Waals surface area contributed by atoms with Crippen molar-refractivity contribution in [3.63, 3.8) is 0 Å². The molecule has 0 radical (unpaired) electrons. The third-order valence-corrected chi connectivity index (χ3v) is 4.60. The van der Waals surface area contributed by atoms with Gasteiger partial charge in [-0.15, -0.1) is 0 Å². The van der Waals surface area contributed by atoms with Gasteiger partial charge in [0.1, 0.15) is 22.8 Å². The van der Waals surface area contributed by atoms with Crippen molar-refractivity contribution < 1.29 is 31.1 Å². The first kappa shape index (κ1) is 24.1. The lowest BCUT2D eigenvalue weighted by molar-refractivity contribution is -0.00673. The largest absolute Gasteiger partial charge is 0.345 e. The molecular formula is C21H13ClF6N4O. The highest BCUT2D eigenvalue weighted by molar-refractivity contribution is 6.31. The molecule has 33 heavy (non-hydrogen) atoms. The predicted octanol–water partition coefficient (Wildman–Crippen LogP) is 4.61. The number of nitrogens with zero attached hydrogens (tertiary/aromatic N) is 3. The van der Waals surface area contributed by atoms with Gasteiger partial charge in [0.2, 0.25) is 5.95 Å². The molecule has 0 aliphatic carbocycles. The van der Waals surface area contributed by atoms with E-state index >= 15 is 0 Å². The summed E-state index contributed by atoms with van der Waals surface area (Å²) in [6.45, 7) is -1.41. The van der Waals surface area contributed by atoms with Crippen molar-refractivity contribution in [2.45, 2.75) is 12.3 Å². The number of aryl methyl sites for hydroxylation is 1. The first-order valence-corrected chi connectivity index (χ1v) is 9.48. The molecule has 0 spiro atoms. The second-order valence-electron chi connectivity index (χ2n) is 6.65. The van der Waals surface area contributed by atoms with Crippen molar-refractivity contribution in [2.24, 2.45) is 7.05 Å². The molecule has 1 amide bonds. The van der Waals surface area contributed by atoms with Crippen molar-refractivity contribution in [2.75, 3.05) is 6.54 Å². The first-order chi connectivity index (χ1) is 15.5. The number of aromatic nitrogens is 3. The van der Waals surface area contributed by atoms with Crippen LogP contribution in [-0.2, 0) is 13.0 Å². The van der Waals surface area contributed by atoms with Gasteiger partial charge in [-0.1, -0.05) is 35.6 Å². The van der Waals surface area contributed by atoms with E-state index in [1.165, 1.54) is 18.2 Å². The summed E-state index contributed by atoms with van der Waals surface area (Å²) in [5.41, 5.74) is -3.05. The summed E-state index contributed by atoms with van der Waals surface area (Å²) in [5, 5.41) is 4.37. The SMILES string of the molecule is Cn1nc(C(F)F)c(C(=O)NCC(F)(F)c2ncc(C#Cc3ccccc3F)cc2Cl)c1F. The molecule has 0 fully saturated rings. The molecule has 0 aliphatic rings. The van der Waals surface area contributed by atoms with Crippen LogP contribution in [0.2, 0.25) is 5.02 Å². The number of hydrogen-bond acceptors (Lipinski definition) is 3. The summed E-state index contributed by atoms with van der Waals surface area (Å²) in [6, 6.07) is 6.74. The highest BCUT2D eigenvalue weighted by Gasteiger charge is 2.37. The molecular weight excluding hydrogens is 474 g/mol. The average molecular weight is 487 g/mol. The Balaban J connectivity index is 1.77. The number of nitrogens with one attached hydrogen (secondary N) is 1. The molecule has 12 heteroatoms. The number of pyridine rings is 1. The molecule has 5 nitrogen and oxygen atoms in total. The van der Waals surface area contributed by atoms with E-state index in [0.29, 0.717) is 4.68 Å². The molecule has 0 bridgehead atoms. The third-order valence-electron chi connectivity index (χ3n) is 4.31. The number of carbonyl (C=O) groups excluding carboxylic acids is 1. The Bertz CT molecular complexity index is 1270. The van der Waals surface area contributed by atoms with Gasteiger partial charge in [0.05, 0.1) is 17.1 Å². The van der Waals surface area contributed by atoms with E-state index in [-0.39, 0.29) is 11.1 Å². The number of amides is 1. The minimum absolute atomic E-state index is 0.0801. The monoisotopic (exact) mass is 486 g/mol. The molecule has 2 aromatic heterocycles. The lowest BCUT2D eigenvalue weighted by Gasteiger charge is -2.17. The summed E-state index contributed by atoms with van der Waals surface area (Å²) >= 11 is 5.89. The van der Waals surface area contributed by atoms with Crippen LogP contribution in [0.25, 0.3) is 0 Å². The number of hydrogen-bond donors (Lipinski definition) is 1. The Kier molecular flexibility index (Phi) is 6.98. The smallest absolute Gasteiger partial charge is 0.308 e. The van der Waals surface area contributed by atoms with Crippen LogP contribution in [0.15, 0.2) is 36.5 Å². The molecule has 0 unspecified atom stereocenters. The minimum atomic E-state index is -3.84. The number of carbonyl (C=O) groups is 1. The van der Waals surface area contributed by atoms with Crippen LogP contribution >= 0.6 is 11.6 Å². The fraction of sp³-hybridized carbons (Fsp3) is 0.190. The minimum Gasteiger partial charge on any atom is -0.345 e. The second-order valence-corrected chi connectivity index (χ2v) is 7.05. The predicted molar refractivity (Wildman–Crippen MR) is 106 cm³/mol. The van der Waals surface area contributed by atoms with Gasteiger partial charge in [-0.05, 0) is 18.2 Å². The van der Waals surface area contributed by atoms with Gasteiger partial charge in [-0.2, -0.15) is 18.3 Å². The van der Waals surface area contributed by atoms with E-state index < -0.39 is 58.5 Å². The van der Waals surface area contributed by atoms with E-state index in [1.807, 2.05) is 0 Å². The van der Waals surface area contributed by atoms with Crippen molar-refractivity contribution in [3.8, 4) is 11.8 Å². The number of halogens is 7. The van der Waals surface area contributed by atoms with Gasteiger partial charge in [-0.25, -0.2) is 17.9 Å². The molecule has 3 aromatic rings. The van der Waals surface area contributed by atoms with E-state index in [9.17, 15) is 31.1 Å². The average Bonchev–Trinajstić information content (AvgIpc) is 3.06. The van der Waals surface area contributed by atoms with Gasteiger partial charge in [0.15, 0.2) is 0 Å². The molecule has 0 saturated carbocycles. The Morgan fingerprint density at radius 1 is 1.24 bits per heavy atom. The van der Waals surface area contributed by atoms with Crippen molar-refractivity contribution in [3.05, 3.63) is 81.4 Å². The Hall–Kier alpha value is -3.52. The highest BCUT2D eigenvalue weighted by Crippen LogP contribution is 2.32. The van der Waals surface area contributed by atoms with Crippen LogP contribution in [0.3, 0.4) is 0 Å². The fourth-order valence-corrected chi connectivity index (χ4v) is 3.03. The summed E-state index contributed by atoms with van der Waals surface area (Å²) < 4.78 is 83.1. The van der Waals surface area contributed by atoms with Gasteiger partial charge >= 0.3 is 5.92 Å². The van der Waals surface area contributed by atoms with Crippen molar-refractivity contribution in [1.82, 2.24) is 20.1 Å². The van der Waals surface area contributed by atoms with Gasteiger partial charge in [0, 0.05) is 18.8 Å². The standard InChI is InChI=1S/C21H13ClF6N4O/c1-32-19(26)15(16(31-32)18(24)25)20(33)30-10-21(27,28)17-13(22)8-11(9-29-17)6-7-12-4-2-3-5-14(12)23/h2-5,8-9,18H,10H2,1H3,(H,30,33). The summed E-state index contributed by atoms with van der Waals surface area (Å²) in [4.78, 5) is 15.7. The van der Waals surface area contributed by atoms with Gasteiger partial charge in [-0.3, -0.25) is 9.78 Å². The van der Waals surface area contributed by atoms with E-state index in [2.05, 4.69) is 21.9 Å². The second kappa shape index (κ2) is 9.54. The van der Waals surface area contributed by atoms with Crippen molar-refractivity contribution in [1.29, 1.82) is 0 Å². The van der Waals surface area contributed by atoms with Crippen LogP contribution in [0.5, 0.6) is 0 Å². The summed E-state index contributed by atoms with van der Waals surface area (Å²) in [6.07, 6.45) is -2.32. The lowest BCUT2D eigenvalue weighted by atomic mass is 10.1. The van der Waals surface area contributed by atoms with Crippen LogP contribution < -0.4 is 5.32 Å². The molecule has 172 valence electrons. The maximum atomic E-state index is 14.6. The molecule has 3 rings (SSSR count). The Morgan fingerprint density at radius 2 is 1.94 bits per heavy atom. The maximum Gasteiger partial charge on any atom is 0.308 e. The quantitative estimate of drug-likeness (QED) is 0.423. The van der Waals surface area contributed by atoms with Crippen LogP contribution in [0, 0.1) is 23.6 Å². The van der Waals surface area contributed by atoms with E-state index in [0.717, 1.165) is 19.3 Å². The number of rotatable bonds is 5. The van der Waals surface area contributed by atoms with Crippen molar-refractivity contribution >= 4 is 17.5 Å². The zero-order chi connectivity index (χ0) is 24.3. The van der Waals surface area contributed by atoms with Crippen LogP contribution in [0.1, 0.15) is 39.3 Å². The van der Waals surface area contributed by atoms with Gasteiger partial charge < -0.3 is 5.32 Å². The molecule has 0 saturated heterocycles. The third kappa shape index (κ3) is 5.28. The normalized spacial score (nSPS) is 11.3. The topological polar surface area (TPSA) is 59.8 Å². The molecule has 0 atom stereocenters. The first-order valence-electron chi connectivity index (χ1n) is 9.10. The molecule has 1 N–H and O–H groups in total. The van der Waals surface area contributed by atoms with Crippen LogP contribution in [0.4, 0.5) is 26.3 Å². The Morgan fingerprint density at radius 3 is 2.58 bits per heavy atom. The van der Waals surface area contributed by atoms with Gasteiger partial charge in [0.25, 0.3) is 12.3 Å². The number of benzene rings is 1. The lowest BCUT2D eigenvalue weighted by Crippen LogP contribution is -2.36. The zero-order valence-corrected chi connectivity index (χ0v) is 17.4. The Labute approximate surface area is 188 Å². The molecule has 2 heterocycles. The van der Waals surface area contributed by atoms with E-state index in [1.54, 1.807) is 11.4 Å². The molecule has 1 aromatic carbocycles. The number of alkyl halides is 4. The highest BCUT2D eigenvalue weighted by atomic mass is 35.5. The summed E-state index contributed by atoms with van der Waals surface area (Å²) in [7, 11) is 0.979. The zero-order valence-electron chi connectivity index (χ0n) is 16.6. The van der Waals surface area contributed by atoms with E-state index in [4.69, 9.17) is 11.6 Å². The fourth-order valence-electron chi connectivity index (χ4n) is 2.73. The maximum absolute atomic E-state index is 14.6.